The molecule has 1 unspecified atom stereocenters. The summed E-state index contributed by atoms with van der Waals surface area (Å²) in [6.45, 7) is 6.64. The van der Waals surface area contributed by atoms with Crippen molar-refractivity contribution >= 4 is 21.7 Å². The number of halogens is 1. The maximum Gasteiger partial charge on any atom is 0.191 e. The molecule has 18 heavy (non-hydrogen) atoms. The molecular formula is C14H19BrO3. The van der Waals surface area contributed by atoms with Gasteiger partial charge in [-0.15, -0.1) is 0 Å². The van der Waals surface area contributed by atoms with Crippen LogP contribution in [0.15, 0.2) is 28.7 Å². The number of carbonyl (C=O) groups is 1. The summed E-state index contributed by atoms with van der Waals surface area (Å²) in [5.74, 6) is -0.00736. The Hall–Kier alpha value is -0.710. The van der Waals surface area contributed by atoms with E-state index in [1.54, 1.807) is 19.1 Å². The first kappa shape index (κ1) is 15.3. The number of Topliss-reactive ketones (excluding diaryl/α,β-unsaturated/α-hetero) is 1. The highest BCUT2D eigenvalue weighted by atomic mass is 79.9. The van der Waals surface area contributed by atoms with Gasteiger partial charge < -0.3 is 9.47 Å². The summed E-state index contributed by atoms with van der Waals surface area (Å²) in [6, 6.07) is 7.28. The molecule has 0 heterocycles. The Kier molecular flexibility index (Phi) is 6.54. The predicted molar refractivity (Wildman–Crippen MR) is 75.0 cm³/mol. The lowest BCUT2D eigenvalue weighted by Crippen LogP contribution is -2.23. The fourth-order valence-electron chi connectivity index (χ4n) is 1.43. The fraction of sp³-hybridized carbons (Fsp3) is 0.500. The molecule has 0 N–H and O–H groups in total. The van der Waals surface area contributed by atoms with Crippen molar-refractivity contribution in [2.45, 2.75) is 33.0 Å². The molecule has 100 valence electrons. The summed E-state index contributed by atoms with van der Waals surface area (Å²) in [6.07, 6.45) is -0.256. The maximum atomic E-state index is 12.0. The molecule has 1 rings (SSSR count). The van der Waals surface area contributed by atoms with E-state index in [0.717, 1.165) is 4.47 Å². The van der Waals surface area contributed by atoms with E-state index < -0.39 is 6.10 Å². The number of benzene rings is 1. The molecule has 1 aromatic rings. The molecule has 1 atom stereocenters. The zero-order valence-corrected chi connectivity index (χ0v) is 12.6. The molecule has 0 bridgehead atoms. The first-order valence-electron chi connectivity index (χ1n) is 6.03. The summed E-state index contributed by atoms with van der Waals surface area (Å²) in [5.41, 5.74) is 0.662. The SMILES string of the molecule is CC(C)OCCOC(C)C(=O)c1ccc(Br)cc1. The second kappa shape index (κ2) is 7.67. The van der Waals surface area contributed by atoms with Crippen LogP contribution in [-0.4, -0.2) is 31.2 Å². The van der Waals surface area contributed by atoms with Crippen LogP contribution in [0.25, 0.3) is 0 Å². The Morgan fingerprint density at radius 1 is 1.11 bits per heavy atom. The third-order valence-corrected chi connectivity index (χ3v) is 2.93. The topological polar surface area (TPSA) is 35.5 Å². The first-order valence-corrected chi connectivity index (χ1v) is 6.83. The van der Waals surface area contributed by atoms with Crippen molar-refractivity contribution in [2.24, 2.45) is 0 Å². The minimum atomic E-state index is -0.443. The van der Waals surface area contributed by atoms with Gasteiger partial charge in [-0.05, 0) is 32.9 Å². The van der Waals surface area contributed by atoms with Gasteiger partial charge in [-0.25, -0.2) is 0 Å². The molecule has 0 fully saturated rings. The quantitative estimate of drug-likeness (QED) is 0.571. The molecule has 0 aliphatic rings. The number of hydrogen-bond acceptors (Lipinski definition) is 3. The van der Waals surface area contributed by atoms with Crippen LogP contribution in [-0.2, 0) is 9.47 Å². The lowest BCUT2D eigenvalue weighted by Gasteiger charge is -2.13. The molecule has 0 amide bonds. The van der Waals surface area contributed by atoms with Crippen LogP contribution < -0.4 is 0 Å². The summed E-state index contributed by atoms with van der Waals surface area (Å²) >= 11 is 3.34. The standard InChI is InChI=1S/C14H19BrO3/c1-10(2)17-8-9-18-11(3)14(16)12-4-6-13(15)7-5-12/h4-7,10-11H,8-9H2,1-3H3. The van der Waals surface area contributed by atoms with E-state index in [4.69, 9.17) is 9.47 Å². The predicted octanol–water partition coefficient (Wildman–Crippen LogP) is 3.46. The third-order valence-electron chi connectivity index (χ3n) is 2.40. The van der Waals surface area contributed by atoms with Crippen LogP contribution in [0.1, 0.15) is 31.1 Å². The van der Waals surface area contributed by atoms with E-state index in [0.29, 0.717) is 18.8 Å². The average Bonchev–Trinajstić information content (AvgIpc) is 2.34. The van der Waals surface area contributed by atoms with Crippen molar-refractivity contribution in [1.82, 2.24) is 0 Å². The molecule has 1 aromatic carbocycles. The Morgan fingerprint density at radius 3 is 2.22 bits per heavy atom. The van der Waals surface area contributed by atoms with Crippen molar-refractivity contribution in [3.8, 4) is 0 Å². The zero-order valence-electron chi connectivity index (χ0n) is 11.0. The van der Waals surface area contributed by atoms with Gasteiger partial charge in [0.1, 0.15) is 6.10 Å². The van der Waals surface area contributed by atoms with E-state index >= 15 is 0 Å². The van der Waals surface area contributed by atoms with E-state index in [1.807, 2.05) is 26.0 Å². The lowest BCUT2D eigenvalue weighted by atomic mass is 10.1. The summed E-state index contributed by atoms with van der Waals surface area (Å²) in [4.78, 5) is 12.0. The van der Waals surface area contributed by atoms with Crippen LogP contribution in [0, 0.1) is 0 Å². The molecule has 0 saturated carbocycles. The summed E-state index contributed by atoms with van der Waals surface area (Å²) < 4.78 is 11.8. The summed E-state index contributed by atoms with van der Waals surface area (Å²) in [5, 5.41) is 0. The van der Waals surface area contributed by atoms with Gasteiger partial charge in [-0.1, -0.05) is 28.1 Å². The van der Waals surface area contributed by atoms with Crippen molar-refractivity contribution in [3.05, 3.63) is 34.3 Å². The number of ether oxygens (including phenoxy) is 2. The van der Waals surface area contributed by atoms with E-state index in [2.05, 4.69) is 15.9 Å². The van der Waals surface area contributed by atoms with Crippen LogP contribution >= 0.6 is 15.9 Å². The molecule has 0 aliphatic heterocycles. The highest BCUT2D eigenvalue weighted by Gasteiger charge is 2.15. The first-order chi connectivity index (χ1) is 8.50. The Bertz CT molecular complexity index is 373. The van der Waals surface area contributed by atoms with Crippen LogP contribution in [0.3, 0.4) is 0 Å². The molecule has 0 saturated heterocycles. The van der Waals surface area contributed by atoms with Gasteiger partial charge in [0.05, 0.1) is 19.3 Å². The van der Waals surface area contributed by atoms with Gasteiger partial charge in [0, 0.05) is 10.0 Å². The fourth-order valence-corrected chi connectivity index (χ4v) is 1.70. The van der Waals surface area contributed by atoms with Crippen LogP contribution in [0.4, 0.5) is 0 Å². The molecule has 3 nitrogen and oxygen atoms in total. The minimum Gasteiger partial charge on any atom is -0.376 e. The van der Waals surface area contributed by atoms with Crippen LogP contribution in [0.2, 0.25) is 0 Å². The highest BCUT2D eigenvalue weighted by Crippen LogP contribution is 2.12. The minimum absolute atomic E-state index is 0.00736. The van der Waals surface area contributed by atoms with E-state index in [9.17, 15) is 4.79 Å². The van der Waals surface area contributed by atoms with Gasteiger partial charge in [-0.2, -0.15) is 0 Å². The number of carbonyl (C=O) groups excluding carboxylic acids is 1. The molecule has 0 radical (unpaired) electrons. The lowest BCUT2D eigenvalue weighted by molar-refractivity contribution is -0.00176. The van der Waals surface area contributed by atoms with Crippen molar-refractivity contribution < 1.29 is 14.3 Å². The zero-order chi connectivity index (χ0) is 13.5. The van der Waals surface area contributed by atoms with Crippen molar-refractivity contribution in [1.29, 1.82) is 0 Å². The van der Waals surface area contributed by atoms with Gasteiger partial charge >= 0.3 is 0 Å². The van der Waals surface area contributed by atoms with E-state index in [-0.39, 0.29) is 11.9 Å². The Labute approximate surface area is 117 Å². The van der Waals surface area contributed by atoms with E-state index in [1.165, 1.54) is 0 Å². The monoisotopic (exact) mass is 314 g/mol. The second-order valence-electron chi connectivity index (χ2n) is 4.30. The maximum absolute atomic E-state index is 12.0. The third kappa shape index (κ3) is 5.29. The number of hydrogen-bond donors (Lipinski definition) is 0. The van der Waals surface area contributed by atoms with Crippen molar-refractivity contribution in [3.63, 3.8) is 0 Å². The molecule has 0 spiro atoms. The van der Waals surface area contributed by atoms with Gasteiger partial charge in [-0.3, -0.25) is 4.79 Å². The number of ketones is 1. The normalized spacial score (nSPS) is 12.7. The smallest absolute Gasteiger partial charge is 0.191 e. The Balaban J connectivity index is 2.39. The van der Waals surface area contributed by atoms with Gasteiger partial charge in [0.25, 0.3) is 0 Å². The average molecular weight is 315 g/mol. The molecule has 4 heteroatoms. The van der Waals surface area contributed by atoms with Gasteiger partial charge in [0.15, 0.2) is 5.78 Å². The summed E-state index contributed by atoms with van der Waals surface area (Å²) in [7, 11) is 0. The molecular weight excluding hydrogens is 296 g/mol. The second-order valence-corrected chi connectivity index (χ2v) is 5.22. The Morgan fingerprint density at radius 2 is 1.67 bits per heavy atom. The highest BCUT2D eigenvalue weighted by molar-refractivity contribution is 9.10. The molecule has 0 aromatic heterocycles. The van der Waals surface area contributed by atoms with Gasteiger partial charge in [0.2, 0.25) is 0 Å². The van der Waals surface area contributed by atoms with Crippen LogP contribution in [0.5, 0.6) is 0 Å². The molecule has 0 aliphatic carbocycles. The number of rotatable bonds is 7. The van der Waals surface area contributed by atoms with Crippen molar-refractivity contribution in [2.75, 3.05) is 13.2 Å². The largest absolute Gasteiger partial charge is 0.376 e.